The number of aromatic nitrogens is 1. The Balaban J connectivity index is 1.34. The third-order valence-electron chi connectivity index (χ3n) is 5.93. The van der Waals surface area contributed by atoms with Crippen LogP contribution in [0.4, 0.5) is 10.1 Å². The molecule has 2 N–H and O–H groups in total. The third kappa shape index (κ3) is 6.46. The van der Waals surface area contributed by atoms with Gasteiger partial charge in [-0.25, -0.2) is 4.39 Å². The lowest BCUT2D eigenvalue weighted by Crippen LogP contribution is -2.50. The standard InChI is InChI=1S/C26H28FN5O2/c27-22-8-10-23(11-9-22)30-26(34)25(33)29-18-24(21-7-4-12-28-17-21)32-15-13-31(14-16-32)19-20-5-2-1-3-6-20/h1-12,17,24H,13-16,18-19H2,(H,29,33)(H,30,34). The van der Waals surface area contributed by atoms with Crippen LogP contribution in [0.5, 0.6) is 0 Å². The van der Waals surface area contributed by atoms with E-state index in [9.17, 15) is 14.0 Å². The Bertz CT molecular complexity index is 1070. The van der Waals surface area contributed by atoms with Crippen LogP contribution in [0.2, 0.25) is 0 Å². The maximum absolute atomic E-state index is 13.1. The first-order valence-electron chi connectivity index (χ1n) is 11.3. The SMILES string of the molecule is O=C(NCC(c1cccnc1)N1CCN(Cc2ccccc2)CC1)C(=O)Nc1ccc(F)cc1. The zero-order valence-electron chi connectivity index (χ0n) is 18.9. The molecule has 0 bridgehead atoms. The van der Waals surface area contributed by atoms with E-state index in [4.69, 9.17) is 0 Å². The number of nitrogens with one attached hydrogen (secondary N) is 2. The molecular weight excluding hydrogens is 433 g/mol. The number of amides is 2. The predicted molar refractivity (Wildman–Crippen MR) is 128 cm³/mol. The van der Waals surface area contributed by atoms with Gasteiger partial charge in [-0.3, -0.25) is 24.4 Å². The number of hydrogen-bond donors (Lipinski definition) is 2. The first kappa shape index (κ1) is 23.5. The van der Waals surface area contributed by atoms with Crippen LogP contribution >= 0.6 is 0 Å². The first-order chi connectivity index (χ1) is 16.6. The van der Waals surface area contributed by atoms with Gasteiger partial charge >= 0.3 is 11.8 Å². The Morgan fingerprint density at radius 3 is 2.32 bits per heavy atom. The van der Waals surface area contributed by atoms with Crippen molar-refractivity contribution in [3.05, 3.63) is 96.1 Å². The van der Waals surface area contributed by atoms with E-state index in [0.29, 0.717) is 5.69 Å². The van der Waals surface area contributed by atoms with E-state index in [-0.39, 0.29) is 12.6 Å². The number of anilines is 1. The largest absolute Gasteiger partial charge is 0.346 e. The molecule has 2 aromatic carbocycles. The number of benzene rings is 2. The van der Waals surface area contributed by atoms with Crippen molar-refractivity contribution < 1.29 is 14.0 Å². The summed E-state index contributed by atoms with van der Waals surface area (Å²) in [5.41, 5.74) is 2.64. The minimum atomic E-state index is -0.788. The molecule has 1 aliphatic heterocycles. The van der Waals surface area contributed by atoms with Crippen molar-refractivity contribution >= 4 is 17.5 Å². The lowest BCUT2D eigenvalue weighted by Gasteiger charge is -2.39. The molecule has 0 radical (unpaired) electrons. The molecule has 34 heavy (non-hydrogen) atoms. The zero-order chi connectivity index (χ0) is 23.8. The number of piperazine rings is 1. The van der Waals surface area contributed by atoms with Crippen molar-refractivity contribution in [2.24, 2.45) is 0 Å². The quantitative estimate of drug-likeness (QED) is 0.529. The molecule has 1 aromatic heterocycles. The molecule has 2 heterocycles. The van der Waals surface area contributed by atoms with Crippen LogP contribution in [0.1, 0.15) is 17.2 Å². The molecule has 1 fully saturated rings. The van der Waals surface area contributed by atoms with Crippen LogP contribution in [-0.4, -0.2) is 59.3 Å². The molecule has 1 atom stereocenters. The summed E-state index contributed by atoms with van der Waals surface area (Å²) < 4.78 is 13.1. The number of pyridine rings is 1. The Morgan fingerprint density at radius 1 is 0.912 bits per heavy atom. The third-order valence-corrected chi connectivity index (χ3v) is 5.93. The summed E-state index contributed by atoms with van der Waals surface area (Å²) in [4.78, 5) is 33.7. The van der Waals surface area contributed by atoms with Gasteiger partial charge < -0.3 is 10.6 Å². The van der Waals surface area contributed by atoms with Crippen molar-refractivity contribution in [1.82, 2.24) is 20.1 Å². The monoisotopic (exact) mass is 461 g/mol. The molecule has 2 amide bonds. The minimum absolute atomic E-state index is 0.102. The van der Waals surface area contributed by atoms with Gasteiger partial charge in [0, 0.05) is 57.3 Å². The molecule has 0 spiro atoms. The Labute approximate surface area is 198 Å². The second-order valence-electron chi connectivity index (χ2n) is 8.27. The Hall–Kier alpha value is -3.62. The summed E-state index contributed by atoms with van der Waals surface area (Å²) in [6.07, 6.45) is 3.51. The number of hydrogen-bond acceptors (Lipinski definition) is 5. The van der Waals surface area contributed by atoms with Gasteiger partial charge in [-0.2, -0.15) is 0 Å². The highest BCUT2D eigenvalue weighted by Gasteiger charge is 2.26. The van der Waals surface area contributed by atoms with Crippen molar-refractivity contribution in [3.8, 4) is 0 Å². The van der Waals surface area contributed by atoms with E-state index in [1.165, 1.54) is 29.8 Å². The highest BCUT2D eigenvalue weighted by Crippen LogP contribution is 2.22. The number of carbonyl (C=O) groups is 2. The Kier molecular flexibility index (Phi) is 7.95. The van der Waals surface area contributed by atoms with Gasteiger partial charge in [0.2, 0.25) is 0 Å². The fraction of sp³-hybridized carbons (Fsp3) is 0.269. The molecule has 1 saturated heterocycles. The molecule has 8 heteroatoms. The van der Waals surface area contributed by atoms with Crippen molar-refractivity contribution in [2.75, 3.05) is 38.0 Å². The normalized spacial score (nSPS) is 15.4. The highest BCUT2D eigenvalue weighted by atomic mass is 19.1. The van der Waals surface area contributed by atoms with Crippen LogP contribution in [0.25, 0.3) is 0 Å². The molecule has 0 saturated carbocycles. The average molecular weight is 462 g/mol. The van der Waals surface area contributed by atoms with E-state index in [2.05, 4.69) is 49.7 Å². The van der Waals surface area contributed by atoms with Crippen molar-refractivity contribution in [2.45, 2.75) is 12.6 Å². The van der Waals surface area contributed by atoms with E-state index < -0.39 is 17.6 Å². The lowest BCUT2D eigenvalue weighted by atomic mass is 10.1. The second-order valence-corrected chi connectivity index (χ2v) is 8.27. The van der Waals surface area contributed by atoms with Crippen LogP contribution in [0, 0.1) is 5.82 Å². The van der Waals surface area contributed by atoms with E-state index in [1.807, 2.05) is 18.2 Å². The molecule has 4 rings (SSSR count). The van der Waals surface area contributed by atoms with Crippen LogP contribution in [0.3, 0.4) is 0 Å². The van der Waals surface area contributed by atoms with Gasteiger partial charge in [-0.1, -0.05) is 36.4 Å². The zero-order valence-corrected chi connectivity index (χ0v) is 18.9. The maximum atomic E-state index is 13.1. The molecule has 0 aliphatic carbocycles. The van der Waals surface area contributed by atoms with Crippen LogP contribution < -0.4 is 10.6 Å². The summed E-state index contributed by atoms with van der Waals surface area (Å²) in [5, 5.41) is 5.24. The van der Waals surface area contributed by atoms with Gasteiger partial charge in [-0.15, -0.1) is 0 Å². The summed E-state index contributed by atoms with van der Waals surface area (Å²) in [5.74, 6) is -1.93. The average Bonchev–Trinajstić information content (AvgIpc) is 2.87. The van der Waals surface area contributed by atoms with E-state index in [0.717, 1.165) is 38.3 Å². The molecule has 3 aromatic rings. The molecule has 1 unspecified atom stereocenters. The van der Waals surface area contributed by atoms with Gasteiger partial charge in [0.1, 0.15) is 5.82 Å². The molecular formula is C26H28FN5O2. The van der Waals surface area contributed by atoms with Crippen molar-refractivity contribution in [1.29, 1.82) is 0 Å². The summed E-state index contributed by atoms with van der Waals surface area (Å²) in [7, 11) is 0. The fourth-order valence-corrected chi connectivity index (χ4v) is 4.10. The van der Waals surface area contributed by atoms with Crippen LogP contribution in [0.15, 0.2) is 79.1 Å². The summed E-state index contributed by atoms with van der Waals surface area (Å²) >= 11 is 0. The van der Waals surface area contributed by atoms with Gasteiger partial charge in [0.15, 0.2) is 0 Å². The summed E-state index contributed by atoms with van der Waals surface area (Å²) in [6, 6.07) is 19.4. The number of carbonyl (C=O) groups excluding carboxylic acids is 2. The topological polar surface area (TPSA) is 77.6 Å². The summed E-state index contributed by atoms with van der Waals surface area (Å²) in [6.45, 7) is 4.68. The first-order valence-corrected chi connectivity index (χ1v) is 11.3. The van der Waals surface area contributed by atoms with E-state index >= 15 is 0 Å². The van der Waals surface area contributed by atoms with Gasteiger partial charge in [-0.05, 0) is 41.5 Å². The number of rotatable bonds is 7. The maximum Gasteiger partial charge on any atom is 0.313 e. The van der Waals surface area contributed by atoms with Crippen LogP contribution in [-0.2, 0) is 16.1 Å². The fourth-order valence-electron chi connectivity index (χ4n) is 4.10. The van der Waals surface area contributed by atoms with E-state index in [1.54, 1.807) is 12.4 Å². The smallest absolute Gasteiger partial charge is 0.313 e. The molecule has 7 nitrogen and oxygen atoms in total. The number of nitrogens with zero attached hydrogens (tertiary/aromatic N) is 3. The highest BCUT2D eigenvalue weighted by molar-refractivity contribution is 6.39. The predicted octanol–water partition coefficient (Wildman–Crippen LogP) is 2.83. The Morgan fingerprint density at radius 2 is 1.65 bits per heavy atom. The van der Waals surface area contributed by atoms with Gasteiger partial charge in [0.05, 0.1) is 6.04 Å². The van der Waals surface area contributed by atoms with Gasteiger partial charge in [0.25, 0.3) is 0 Å². The molecule has 1 aliphatic rings. The second kappa shape index (κ2) is 11.5. The number of halogens is 1. The van der Waals surface area contributed by atoms with Crippen molar-refractivity contribution in [3.63, 3.8) is 0 Å². The molecule has 176 valence electrons. The lowest BCUT2D eigenvalue weighted by molar-refractivity contribution is -0.136. The minimum Gasteiger partial charge on any atom is -0.346 e.